The van der Waals surface area contributed by atoms with Gasteiger partial charge in [-0.2, -0.15) is 0 Å². The van der Waals surface area contributed by atoms with Gasteiger partial charge in [0.05, 0.1) is 30.3 Å². The maximum atomic E-state index is 12.5. The van der Waals surface area contributed by atoms with Gasteiger partial charge in [-0.15, -0.1) is 11.3 Å². The minimum atomic E-state index is 0.0946. The molecule has 0 bridgehead atoms. The van der Waals surface area contributed by atoms with Crippen molar-refractivity contribution < 1.29 is 9.53 Å². The van der Waals surface area contributed by atoms with Gasteiger partial charge in [-0.05, 0) is 23.4 Å². The van der Waals surface area contributed by atoms with Gasteiger partial charge in [0.1, 0.15) is 0 Å². The van der Waals surface area contributed by atoms with Crippen LogP contribution in [0, 0.1) is 0 Å². The molecule has 120 valence electrons. The van der Waals surface area contributed by atoms with Crippen LogP contribution in [0.15, 0.2) is 23.7 Å². The largest absolute Gasteiger partial charge is 0.378 e. The van der Waals surface area contributed by atoms with E-state index >= 15 is 0 Å². The molecule has 2 aliphatic heterocycles. The molecule has 6 nitrogen and oxygen atoms in total. The molecule has 23 heavy (non-hydrogen) atoms. The van der Waals surface area contributed by atoms with E-state index in [0.717, 1.165) is 48.1 Å². The molecule has 4 heterocycles. The predicted molar refractivity (Wildman–Crippen MR) is 87.8 cm³/mol. The third-order valence-electron chi connectivity index (χ3n) is 4.25. The molecule has 0 aromatic carbocycles. The molecule has 0 atom stereocenters. The van der Waals surface area contributed by atoms with Crippen LogP contribution >= 0.6 is 11.3 Å². The van der Waals surface area contributed by atoms with Crippen molar-refractivity contribution >= 4 is 23.2 Å². The number of amides is 1. The highest BCUT2D eigenvalue weighted by Crippen LogP contribution is 2.22. The van der Waals surface area contributed by atoms with E-state index in [1.54, 1.807) is 0 Å². The van der Waals surface area contributed by atoms with E-state index in [-0.39, 0.29) is 5.91 Å². The monoisotopic (exact) mass is 330 g/mol. The topological polar surface area (TPSA) is 58.6 Å². The number of fused-ring (bicyclic) bond motifs is 1. The summed E-state index contributed by atoms with van der Waals surface area (Å²) in [6.07, 6.45) is 2.73. The van der Waals surface area contributed by atoms with Crippen molar-refractivity contribution in [2.45, 2.75) is 13.0 Å². The summed E-state index contributed by atoms with van der Waals surface area (Å²) in [6.45, 7) is 4.34. The molecule has 0 aliphatic carbocycles. The van der Waals surface area contributed by atoms with Crippen LogP contribution in [0.25, 0.3) is 0 Å². The van der Waals surface area contributed by atoms with Gasteiger partial charge < -0.3 is 14.5 Å². The lowest BCUT2D eigenvalue weighted by Crippen LogP contribution is -2.39. The summed E-state index contributed by atoms with van der Waals surface area (Å²) < 4.78 is 5.37. The summed E-state index contributed by atoms with van der Waals surface area (Å²) in [5.41, 5.74) is 2.12. The SMILES string of the molecule is O=C(c1cccs1)N1CCc2cnc(N3CCOCC3)nc2C1. The summed E-state index contributed by atoms with van der Waals surface area (Å²) in [5.74, 6) is 0.842. The summed E-state index contributed by atoms with van der Waals surface area (Å²) in [7, 11) is 0. The van der Waals surface area contributed by atoms with Gasteiger partial charge >= 0.3 is 0 Å². The Morgan fingerprint density at radius 2 is 2.13 bits per heavy atom. The van der Waals surface area contributed by atoms with Crippen LogP contribution in [0.1, 0.15) is 20.9 Å². The fourth-order valence-electron chi connectivity index (χ4n) is 2.94. The van der Waals surface area contributed by atoms with Crippen LogP contribution in [0.2, 0.25) is 0 Å². The van der Waals surface area contributed by atoms with Crippen molar-refractivity contribution in [2.24, 2.45) is 0 Å². The number of carbonyl (C=O) groups is 1. The van der Waals surface area contributed by atoms with Gasteiger partial charge in [0, 0.05) is 25.8 Å². The summed E-state index contributed by atoms with van der Waals surface area (Å²) >= 11 is 1.49. The van der Waals surface area contributed by atoms with Gasteiger partial charge in [-0.25, -0.2) is 9.97 Å². The maximum Gasteiger partial charge on any atom is 0.264 e. The lowest BCUT2D eigenvalue weighted by atomic mass is 10.1. The van der Waals surface area contributed by atoms with Gasteiger partial charge in [-0.1, -0.05) is 6.07 Å². The Labute approximate surface area is 138 Å². The minimum absolute atomic E-state index is 0.0946. The van der Waals surface area contributed by atoms with E-state index in [4.69, 9.17) is 9.72 Å². The molecule has 1 amide bonds. The van der Waals surface area contributed by atoms with Crippen LogP contribution in [0.5, 0.6) is 0 Å². The van der Waals surface area contributed by atoms with Gasteiger partial charge in [0.25, 0.3) is 5.91 Å². The standard InChI is InChI=1S/C16H18N4O2S/c21-15(14-2-1-9-23-14)20-4-3-12-10-17-16(18-13(12)11-20)19-5-7-22-8-6-19/h1-2,9-10H,3-8,11H2. The van der Waals surface area contributed by atoms with E-state index in [1.807, 2.05) is 28.6 Å². The second-order valence-electron chi connectivity index (χ2n) is 5.70. The highest BCUT2D eigenvalue weighted by molar-refractivity contribution is 7.12. The Morgan fingerprint density at radius 1 is 1.26 bits per heavy atom. The number of rotatable bonds is 2. The Hall–Kier alpha value is -1.99. The summed E-state index contributed by atoms with van der Waals surface area (Å²) in [4.78, 5) is 26.5. The first-order valence-corrected chi connectivity index (χ1v) is 8.69. The van der Waals surface area contributed by atoms with Crippen molar-refractivity contribution in [3.05, 3.63) is 39.8 Å². The van der Waals surface area contributed by atoms with Crippen molar-refractivity contribution in [1.82, 2.24) is 14.9 Å². The predicted octanol–water partition coefficient (Wildman–Crippen LogP) is 1.57. The number of morpholine rings is 1. The van der Waals surface area contributed by atoms with Gasteiger partial charge in [-0.3, -0.25) is 4.79 Å². The quantitative estimate of drug-likeness (QED) is 0.837. The van der Waals surface area contributed by atoms with Crippen molar-refractivity contribution in [3.63, 3.8) is 0 Å². The molecule has 2 aliphatic rings. The molecule has 0 spiro atoms. The van der Waals surface area contributed by atoms with E-state index in [9.17, 15) is 4.79 Å². The van der Waals surface area contributed by atoms with E-state index in [2.05, 4.69) is 9.88 Å². The third-order valence-corrected chi connectivity index (χ3v) is 5.10. The Morgan fingerprint density at radius 3 is 2.91 bits per heavy atom. The van der Waals surface area contributed by atoms with Crippen molar-refractivity contribution in [2.75, 3.05) is 37.7 Å². The second kappa shape index (κ2) is 6.25. The van der Waals surface area contributed by atoms with E-state index < -0.39 is 0 Å². The Bertz CT molecular complexity index is 698. The van der Waals surface area contributed by atoms with Gasteiger partial charge in [0.15, 0.2) is 0 Å². The number of aromatic nitrogens is 2. The molecule has 0 N–H and O–H groups in total. The average Bonchev–Trinajstić information content (AvgIpc) is 3.15. The lowest BCUT2D eigenvalue weighted by molar-refractivity contribution is 0.0736. The van der Waals surface area contributed by atoms with Crippen LogP contribution in [0.3, 0.4) is 0 Å². The second-order valence-corrected chi connectivity index (χ2v) is 6.64. The zero-order valence-electron chi connectivity index (χ0n) is 12.8. The molecular weight excluding hydrogens is 312 g/mol. The number of thiophene rings is 1. The van der Waals surface area contributed by atoms with Crippen LogP contribution in [0.4, 0.5) is 5.95 Å². The number of anilines is 1. The van der Waals surface area contributed by atoms with Crippen molar-refractivity contribution in [3.8, 4) is 0 Å². The number of hydrogen-bond donors (Lipinski definition) is 0. The van der Waals surface area contributed by atoms with E-state index in [1.165, 1.54) is 11.3 Å². The minimum Gasteiger partial charge on any atom is -0.378 e. The molecule has 2 aromatic heterocycles. The van der Waals surface area contributed by atoms with Gasteiger partial charge in [0.2, 0.25) is 5.95 Å². The fourth-order valence-corrected chi connectivity index (χ4v) is 3.63. The number of nitrogens with zero attached hydrogens (tertiary/aromatic N) is 4. The number of hydrogen-bond acceptors (Lipinski definition) is 6. The number of carbonyl (C=O) groups excluding carboxylic acids is 1. The first-order valence-electron chi connectivity index (χ1n) is 7.81. The molecule has 1 saturated heterocycles. The molecule has 1 fully saturated rings. The maximum absolute atomic E-state index is 12.5. The number of ether oxygens (including phenoxy) is 1. The summed E-state index contributed by atoms with van der Waals surface area (Å²) in [6, 6.07) is 3.79. The molecule has 0 radical (unpaired) electrons. The highest BCUT2D eigenvalue weighted by atomic mass is 32.1. The fraction of sp³-hybridized carbons (Fsp3) is 0.438. The Kier molecular flexibility index (Phi) is 3.97. The van der Waals surface area contributed by atoms with Crippen molar-refractivity contribution in [1.29, 1.82) is 0 Å². The zero-order chi connectivity index (χ0) is 15.6. The van der Waals surface area contributed by atoms with Crippen LogP contribution in [-0.2, 0) is 17.7 Å². The molecule has 0 unspecified atom stereocenters. The van der Waals surface area contributed by atoms with Crippen LogP contribution in [-0.4, -0.2) is 53.6 Å². The molecule has 4 rings (SSSR count). The third kappa shape index (κ3) is 2.94. The first kappa shape index (κ1) is 14.6. The zero-order valence-corrected chi connectivity index (χ0v) is 13.6. The molecule has 7 heteroatoms. The smallest absolute Gasteiger partial charge is 0.264 e. The normalized spacial score (nSPS) is 17.9. The molecule has 0 saturated carbocycles. The average molecular weight is 330 g/mol. The Balaban J connectivity index is 1.54. The van der Waals surface area contributed by atoms with Crippen LogP contribution < -0.4 is 4.90 Å². The lowest BCUT2D eigenvalue weighted by Gasteiger charge is -2.30. The molecular formula is C16H18N4O2S. The first-order chi connectivity index (χ1) is 11.3. The summed E-state index contributed by atoms with van der Waals surface area (Å²) in [5, 5.41) is 1.93. The highest BCUT2D eigenvalue weighted by Gasteiger charge is 2.25. The van der Waals surface area contributed by atoms with E-state index in [0.29, 0.717) is 19.8 Å². The molecule has 2 aromatic rings.